The molecule has 2 saturated heterocycles. The van der Waals surface area contributed by atoms with E-state index in [1.165, 1.54) is 0 Å². The van der Waals surface area contributed by atoms with Gasteiger partial charge in [0.05, 0.1) is 12.5 Å². The molecule has 0 aromatic rings. The monoisotopic (exact) mass is 268 g/mol. The minimum Gasteiger partial charge on any atom is -0.369 e. The molecule has 2 aliphatic rings. The number of piperidine rings is 1. The molecule has 0 bridgehead atoms. The molecule has 0 aromatic heterocycles. The summed E-state index contributed by atoms with van der Waals surface area (Å²) in [6, 6.07) is 0.477. The van der Waals surface area contributed by atoms with E-state index in [4.69, 9.17) is 5.73 Å². The van der Waals surface area contributed by atoms with Gasteiger partial charge < -0.3 is 16.0 Å². The highest BCUT2D eigenvalue weighted by atomic mass is 16.2. The van der Waals surface area contributed by atoms with Crippen LogP contribution in [0.4, 0.5) is 0 Å². The van der Waals surface area contributed by atoms with Crippen LogP contribution in [0.1, 0.15) is 19.8 Å². The van der Waals surface area contributed by atoms with Gasteiger partial charge in [0.1, 0.15) is 0 Å². The molecule has 2 amide bonds. The molecule has 2 aliphatic heterocycles. The van der Waals surface area contributed by atoms with Crippen molar-refractivity contribution in [2.24, 2.45) is 11.7 Å². The van der Waals surface area contributed by atoms with Crippen LogP contribution in [0.25, 0.3) is 0 Å². The Bertz CT molecular complexity index is 344. The Balaban J connectivity index is 1.85. The number of carbonyl (C=O) groups excluding carboxylic acids is 2. The average Bonchev–Trinajstić information content (AvgIpc) is 2.35. The summed E-state index contributed by atoms with van der Waals surface area (Å²) >= 11 is 0. The van der Waals surface area contributed by atoms with E-state index in [1.807, 2.05) is 0 Å². The molecule has 0 aromatic carbocycles. The maximum atomic E-state index is 12.3. The third-order valence-electron chi connectivity index (χ3n) is 4.20. The first-order valence-corrected chi connectivity index (χ1v) is 7.13. The van der Waals surface area contributed by atoms with Crippen molar-refractivity contribution in [3.05, 3.63) is 0 Å². The van der Waals surface area contributed by atoms with E-state index in [1.54, 1.807) is 4.90 Å². The van der Waals surface area contributed by atoms with Gasteiger partial charge in [0.15, 0.2) is 0 Å². The van der Waals surface area contributed by atoms with Crippen molar-refractivity contribution in [2.45, 2.75) is 25.8 Å². The highest BCUT2D eigenvalue weighted by Crippen LogP contribution is 2.16. The fourth-order valence-electron chi connectivity index (χ4n) is 2.74. The number of nitrogens with one attached hydrogen (secondary N) is 1. The summed E-state index contributed by atoms with van der Waals surface area (Å²) in [5, 5.41) is 3.22. The topological polar surface area (TPSA) is 78.7 Å². The number of likely N-dealkylation sites (N-methyl/N-ethyl adjacent to an activating group) is 1. The van der Waals surface area contributed by atoms with Crippen LogP contribution in [0.2, 0.25) is 0 Å². The third-order valence-corrected chi connectivity index (χ3v) is 4.20. The minimum atomic E-state index is -0.284. The summed E-state index contributed by atoms with van der Waals surface area (Å²) in [4.78, 5) is 27.5. The number of nitrogens with two attached hydrogens (primary N) is 1. The van der Waals surface area contributed by atoms with Gasteiger partial charge in [-0.1, -0.05) is 6.92 Å². The molecular formula is C13H24N4O2. The van der Waals surface area contributed by atoms with Gasteiger partial charge in [0.25, 0.3) is 0 Å². The lowest BCUT2D eigenvalue weighted by atomic mass is 9.97. The van der Waals surface area contributed by atoms with Crippen molar-refractivity contribution in [3.8, 4) is 0 Å². The standard InChI is InChI=1S/C13H24N4O2/c1-2-16(11-6-15-7-11)9-12(18)17-5-3-4-10(8-17)13(14)19/h10-11,15H,2-9H2,1H3,(H2,14,19). The molecule has 6 heteroatoms. The number of carbonyl (C=O) groups is 2. The molecular weight excluding hydrogens is 244 g/mol. The SMILES string of the molecule is CCN(CC(=O)N1CCCC(C(N)=O)C1)C1CNC1. The Labute approximate surface area is 114 Å². The fourth-order valence-corrected chi connectivity index (χ4v) is 2.74. The molecule has 19 heavy (non-hydrogen) atoms. The highest BCUT2D eigenvalue weighted by molar-refractivity contribution is 5.81. The number of rotatable bonds is 5. The Hall–Kier alpha value is -1.14. The maximum absolute atomic E-state index is 12.3. The maximum Gasteiger partial charge on any atom is 0.236 e. The van der Waals surface area contributed by atoms with Crippen LogP contribution in [0.15, 0.2) is 0 Å². The zero-order chi connectivity index (χ0) is 13.8. The lowest BCUT2D eigenvalue weighted by Crippen LogP contribution is -2.59. The van der Waals surface area contributed by atoms with Gasteiger partial charge in [0, 0.05) is 32.2 Å². The third kappa shape index (κ3) is 3.45. The van der Waals surface area contributed by atoms with E-state index in [0.29, 0.717) is 19.1 Å². The largest absolute Gasteiger partial charge is 0.369 e. The van der Waals surface area contributed by atoms with Crippen molar-refractivity contribution >= 4 is 11.8 Å². The van der Waals surface area contributed by atoms with Gasteiger partial charge in [-0.15, -0.1) is 0 Å². The van der Waals surface area contributed by atoms with Crippen LogP contribution in [-0.2, 0) is 9.59 Å². The van der Waals surface area contributed by atoms with Crippen molar-refractivity contribution in [1.82, 2.24) is 15.1 Å². The van der Waals surface area contributed by atoms with Gasteiger partial charge in [-0.25, -0.2) is 0 Å². The summed E-state index contributed by atoms with van der Waals surface area (Å²) in [5.74, 6) is -0.328. The zero-order valence-corrected chi connectivity index (χ0v) is 11.6. The van der Waals surface area contributed by atoms with Crippen LogP contribution < -0.4 is 11.1 Å². The first kappa shape index (κ1) is 14.3. The Morgan fingerprint density at radius 2 is 2.16 bits per heavy atom. The molecule has 1 unspecified atom stereocenters. The van der Waals surface area contributed by atoms with Gasteiger partial charge in [-0.2, -0.15) is 0 Å². The number of hydrogen-bond donors (Lipinski definition) is 2. The average molecular weight is 268 g/mol. The molecule has 0 aliphatic carbocycles. The lowest BCUT2D eigenvalue weighted by Gasteiger charge is -2.39. The molecule has 3 N–H and O–H groups in total. The Kier molecular flexibility index (Phi) is 4.76. The Morgan fingerprint density at radius 1 is 1.42 bits per heavy atom. The lowest BCUT2D eigenvalue weighted by molar-refractivity contribution is -0.136. The van der Waals surface area contributed by atoms with Crippen molar-refractivity contribution in [3.63, 3.8) is 0 Å². The normalized spacial score (nSPS) is 24.3. The molecule has 2 rings (SSSR count). The molecule has 2 fully saturated rings. The van der Waals surface area contributed by atoms with Crippen molar-refractivity contribution < 1.29 is 9.59 Å². The van der Waals surface area contributed by atoms with E-state index >= 15 is 0 Å². The summed E-state index contributed by atoms with van der Waals surface area (Å²) in [6.07, 6.45) is 1.68. The van der Waals surface area contributed by atoms with Crippen molar-refractivity contribution in [2.75, 3.05) is 39.3 Å². The molecule has 0 spiro atoms. The fraction of sp³-hybridized carbons (Fsp3) is 0.846. The van der Waals surface area contributed by atoms with Crippen LogP contribution in [0.3, 0.4) is 0 Å². The van der Waals surface area contributed by atoms with Gasteiger partial charge in [-0.3, -0.25) is 14.5 Å². The number of amides is 2. The molecule has 2 heterocycles. The van der Waals surface area contributed by atoms with Gasteiger partial charge >= 0.3 is 0 Å². The first-order chi connectivity index (χ1) is 9.11. The highest BCUT2D eigenvalue weighted by Gasteiger charge is 2.30. The van der Waals surface area contributed by atoms with E-state index in [2.05, 4.69) is 17.1 Å². The number of hydrogen-bond acceptors (Lipinski definition) is 4. The quantitative estimate of drug-likeness (QED) is 0.671. The predicted molar refractivity (Wildman–Crippen MR) is 72.4 cm³/mol. The van der Waals surface area contributed by atoms with E-state index in [-0.39, 0.29) is 17.7 Å². The van der Waals surface area contributed by atoms with E-state index in [0.717, 1.165) is 39.0 Å². The second kappa shape index (κ2) is 6.34. The van der Waals surface area contributed by atoms with Crippen LogP contribution >= 0.6 is 0 Å². The van der Waals surface area contributed by atoms with Crippen molar-refractivity contribution in [1.29, 1.82) is 0 Å². The molecule has 6 nitrogen and oxygen atoms in total. The number of nitrogens with zero attached hydrogens (tertiary/aromatic N) is 2. The van der Waals surface area contributed by atoms with Crippen LogP contribution in [0, 0.1) is 5.92 Å². The second-order valence-corrected chi connectivity index (χ2v) is 5.46. The summed E-state index contributed by atoms with van der Waals surface area (Å²) in [5.41, 5.74) is 5.34. The number of likely N-dealkylation sites (tertiary alicyclic amines) is 1. The summed E-state index contributed by atoms with van der Waals surface area (Å²) in [6.45, 7) is 6.58. The summed E-state index contributed by atoms with van der Waals surface area (Å²) in [7, 11) is 0. The van der Waals surface area contributed by atoms with Crippen LogP contribution in [0.5, 0.6) is 0 Å². The molecule has 1 atom stereocenters. The van der Waals surface area contributed by atoms with Crippen LogP contribution in [-0.4, -0.2) is 66.9 Å². The first-order valence-electron chi connectivity index (χ1n) is 7.13. The molecule has 108 valence electrons. The van der Waals surface area contributed by atoms with E-state index in [9.17, 15) is 9.59 Å². The van der Waals surface area contributed by atoms with E-state index < -0.39 is 0 Å². The second-order valence-electron chi connectivity index (χ2n) is 5.46. The predicted octanol–water partition coefficient (Wildman–Crippen LogP) is -0.996. The minimum absolute atomic E-state index is 0.125. The molecule has 0 saturated carbocycles. The Morgan fingerprint density at radius 3 is 2.68 bits per heavy atom. The summed E-state index contributed by atoms with van der Waals surface area (Å²) < 4.78 is 0. The smallest absolute Gasteiger partial charge is 0.236 e. The van der Waals surface area contributed by atoms with Gasteiger partial charge in [0.2, 0.25) is 11.8 Å². The zero-order valence-electron chi connectivity index (χ0n) is 11.6. The number of primary amides is 1. The molecule has 0 radical (unpaired) electrons. The van der Waals surface area contributed by atoms with Gasteiger partial charge in [-0.05, 0) is 19.4 Å².